The van der Waals surface area contributed by atoms with E-state index in [0.717, 1.165) is 33.0 Å². The molecule has 0 aliphatic carbocycles. The average Bonchev–Trinajstić information content (AvgIpc) is 2.40. The molecule has 94 valence electrons. The van der Waals surface area contributed by atoms with Gasteiger partial charge in [-0.15, -0.1) is 0 Å². The Balaban J connectivity index is 2.09. The number of benzene rings is 2. The third-order valence-electron chi connectivity index (χ3n) is 2.57. The number of anilines is 1. The van der Waals surface area contributed by atoms with Gasteiger partial charge in [0.1, 0.15) is 5.75 Å². The second-order valence-corrected chi connectivity index (χ2v) is 5.06. The molecule has 0 saturated heterocycles. The summed E-state index contributed by atoms with van der Waals surface area (Å²) >= 11 is 9.37. The van der Waals surface area contributed by atoms with Gasteiger partial charge in [0.15, 0.2) is 0 Å². The second-order valence-electron chi connectivity index (χ2n) is 3.80. The van der Waals surface area contributed by atoms with Crippen molar-refractivity contribution in [3.8, 4) is 5.75 Å². The first-order valence-corrected chi connectivity index (χ1v) is 6.68. The molecule has 0 aromatic heterocycles. The van der Waals surface area contributed by atoms with E-state index in [1.54, 1.807) is 7.11 Å². The van der Waals surface area contributed by atoms with Crippen LogP contribution in [0, 0.1) is 0 Å². The highest BCUT2D eigenvalue weighted by Gasteiger charge is 2.02. The maximum absolute atomic E-state index is 5.96. The Labute approximate surface area is 120 Å². The van der Waals surface area contributed by atoms with Crippen molar-refractivity contribution >= 4 is 33.2 Å². The Morgan fingerprint density at radius 3 is 2.72 bits per heavy atom. The van der Waals surface area contributed by atoms with Crippen LogP contribution in [0.5, 0.6) is 5.75 Å². The van der Waals surface area contributed by atoms with Crippen LogP contribution in [-0.2, 0) is 6.54 Å². The van der Waals surface area contributed by atoms with Crippen molar-refractivity contribution in [2.24, 2.45) is 0 Å². The minimum Gasteiger partial charge on any atom is -0.495 e. The van der Waals surface area contributed by atoms with Crippen LogP contribution in [0.25, 0.3) is 0 Å². The van der Waals surface area contributed by atoms with E-state index in [0.29, 0.717) is 0 Å². The molecule has 0 aliphatic rings. The fourth-order valence-electron chi connectivity index (χ4n) is 1.64. The lowest BCUT2D eigenvalue weighted by Gasteiger charge is -2.11. The predicted octanol–water partition coefficient (Wildman–Crippen LogP) is 4.72. The second kappa shape index (κ2) is 6.12. The molecule has 0 atom stereocenters. The third kappa shape index (κ3) is 3.18. The van der Waals surface area contributed by atoms with Crippen LogP contribution in [0.4, 0.5) is 5.69 Å². The molecular weight excluding hydrogens is 314 g/mol. The smallest absolute Gasteiger partial charge is 0.141 e. The zero-order valence-corrected chi connectivity index (χ0v) is 12.3. The van der Waals surface area contributed by atoms with Crippen LogP contribution in [0.15, 0.2) is 46.9 Å². The van der Waals surface area contributed by atoms with Crippen LogP contribution in [0.3, 0.4) is 0 Å². The predicted molar refractivity (Wildman–Crippen MR) is 79.5 cm³/mol. The molecule has 0 fully saturated rings. The zero-order valence-electron chi connectivity index (χ0n) is 9.91. The third-order valence-corrected chi connectivity index (χ3v) is 3.79. The molecule has 0 spiro atoms. The molecule has 2 aromatic carbocycles. The van der Waals surface area contributed by atoms with Gasteiger partial charge in [0.05, 0.1) is 17.8 Å². The number of ether oxygens (including phenoxy) is 1. The molecule has 2 rings (SSSR count). The number of rotatable bonds is 4. The standard InChI is InChI=1S/C14H13BrClNO/c1-18-14-5-3-2-4-13(14)17-9-10-6-7-12(16)11(15)8-10/h2-8,17H,9H2,1H3. The van der Waals surface area contributed by atoms with Crippen molar-refractivity contribution in [2.75, 3.05) is 12.4 Å². The number of methoxy groups -OCH3 is 1. The van der Waals surface area contributed by atoms with Crippen LogP contribution in [0.1, 0.15) is 5.56 Å². The molecule has 0 bridgehead atoms. The van der Waals surface area contributed by atoms with Gasteiger partial charge in [-0.25, -0.2) is 0 Å². The summed E-state index contributed by atoms with van der Waals surface area (Å²) in [6.07, 6.45) is 0. The minimum atomic E-state index is 0.718. The van der Waals surface area contributed by atoms with Gasteiger partial charge in [-0.2, -0.15) is 0 Å². The summed E-state index contributed by atoms with van der Waals surface area (Å²) in [6.45, 7) is 0.718. The van der Waals surface area contributed by atoms with E-state index in [2.05, 4.69) is 21.2 Å². The van der Waals surface area contributed by atoms with Crippen LogP contribution >= 0.6 is 27.5 Å². The van der Waals surface area contributed by atoms with Gasteiger partial charge in [-0.3, -0.25) is 0 Å². The lowest BCUT2D eigenvalue weighted by Crippen LogP contribution is -2.01. The lowest BCUT2D eigenvalue weighted by molar-refractivity contribution is 0.416. The quantitative estimate of drug-likeness (QED) is 0.877. The van der Waals surface area contributed by atoms with Gasteiger partial charge in [0, 0.05) is 11.0 Å². The molecule has 0 saturated carbocycles. The maximum atomic E-state index is 5.96. The molecule has 0 unspecified atom stereocenters. The van der Waals surface area contributed by atoms with Gasteiger partial charge in [0.2, 0.25) is 0 Å². The Bertz CT molecular complexity index is 545. The Kier molecular flexibility index (Phi) is 4.50. The highest BCUT2D eigenvalue weighted by Crippen LogP contribution is 2.26. The van der Waals surface area contributed by atoms with Gasteiger partial charge in [0.25, 0.3) is 0 Å². The summed E-state index contributed by atoms with van der Waals surface area (Å²) in [5.41, 5.74) is 2.13. The summed E-state index contributed by atoms with van der Waals surface area (Å²) in [5.74, 6) is 0.838. The van der Waals surface area contributed by atoms with E-state index in [1.807, 2.05) is 42.5 Å². The highest BCUT2D eigenvalue weighted by molar-refractivity contribution is 9.10. The van der Waals surface area contributed by atoms with E-state index in [1.165, 1.54) is 0 Å². The Morgan fingerprint density at radius 2 is 2.00 bits per heavy atom. The minimum absolute atomic E-state index is 0.718. The maximum Gasteiger partial charge on any atom is 0.141 e. The van der Waals surface area contributed by atoms with Crippen LogP contribution in [0.2, 0.25) is 5.02 Å². The number of nitrogens with one attached hydrogen (secondary N) is 1. The van der Waals surface area contributed by atoms with E-state index < -0.39 is 0 Å². The first-order chi connectivity index (χ1) is 8.70. The molecule has 2 nitrogen and oxygen atoms in total. The molecular formula is C14H13BrClNO. The summed E-state index contributed by atoms with van der Waals surface area (Å²) in [6, 6.07) is 13.7. The Hall–Kier alpha value is -1.19. The zero-order chi connectivity index (χ0) is 13.0. The highest BCUT2D eigenvalue weighted by atomic mass is 79.9. The Morgan fingerprint density at radius 1 is 1.22 bits per heavy atom. The lowest BCUT2D eigenvalue weighted by atomic mass is 10.2. The fraction of sp³-hybridized carbons (Fsp3) is 0.143. The summed E-state index contributed by atoms with van der Waals surface area (Å²) < 4.78 is 6.19. The summed E-state index contributed by atoms with van der Waals surface area (Å²) in [4.78, 5) is 0. The molecule has 0 amide bonds. The number of halogens is 2. The van der Waals surface area contributed by atoms with E-state index in [9.17, 15) is 0 Å². The van der Waals surface area contributed by atoms with Gasteiger partial charge < -0.3 is 10.1 Å². The normalized spacial score (nSPS) is 10.2. The largest absolute Gasteiger partial charge is 0.495 e. The topological polar surface area (TPSA) is 21.3 Å². The molecule has 4 heteroatoms. The van der Waals surface area contributed by atoms with E-state index >= 15 is 0 Å². The van der Waals surface area contributed by atoms with Crippen molar-refractivity contribution < 1.29 is 4.74 Å². The van der Waals surface area contributed by atoms with Gasteiger partial charge in [-0.05, 0) is 45.8 Å². The first kappa shape index (κ1) is 13.2. The number of para-hydroxylation sites is 2. The fourth-order valence-corrected chi connectivity index (χ4v) is 2.18. The van der Waals surface area contributed by atoms with Crippen molar-refractivity contribution in [3.05, 3.63) is 57.5 Å². The number of hydrogen-bond acceptors (Lipinski definition) is 2. The van der Waals surface area contributed by atoms with Crippen molar-refractivity contribution in [2.45, 2.75) is 6.54 Å². The SMILES string of the molecule is COc1ccccc1NCc1ccc(Cl)c(Br)c1. The van der Waals surface area contributed by atoms with Crippen molar-refractivity contribution in [3.63, 3.8) is 0 Å². The molecule has 18 heavy (non-hydrogen) atoms. The van der Waals surface area contributed by atoms with Gasteiger partial charge in [-0.1, -0.05) is 29.8 Å². The molecule has 2 aromatic rings. The molecule has 0 aliphatic heterocycles. The summed E-state index contributed by atoms with van der Waals surface area (Å²) in [7, 11) is 1.67. The average molecular weight is 327 g/mol. The first-order valence-electron chi connectivity index (χ1n) is 5.51. The van der Waals surface area contributed by atoms with Crippen molar-refractivity contribution in [1.29, 1.82) is 0 Å². The number of hydrogen-bond donors (Lipinski definition) is 1. The van der Waals surface area contributed by atoms with Gasteiger partial charge >= 0.3 is 0 Å². The van der Waals surface area contributed by atoms with Crippen LogP contribution in [-0.4, -0.2) is 7.11 Å². The van der Waals surface area contributed by atoms with Crippen LogP contribution < -0.4 is 10.1 Å². The van der Waals surface area contributed by atoms with Crippen molar-refractivity contribution in [1.82, 2.24) is 0 Å². The monoisotopic (exact) mass is 325 g/mol. The van der Waals surface area contributed by atoms with E-state index in [-0.39, 0.29) is 0 Å². The molecule has 0 heterocycles. The molecule has 1 N–H and O–H groups in total. The van der Waals surface area contributed by atoms with E-state index in [4.69, 9.17) is 16.3 Å². The molecule has 0 radical (unpaired) electrons. The summed E-state index contributed by atoms with van der Waals surface area (Å²) in [5, 5.41) is 4.06.